The maximum absolute atomic E-state index is 7.48. The number of methoxy groups -OCH3 is 1. The van der Waals surface area contributed by atoms with E-state index in [1.807, 2.05) is 45.1 Å². The van der Waals surface area contributed by atoms with Gasteiger partial charge in [0.2, 0.25) is 0 Å². The van der Waals surface area contributed by atoms with Crippen LogP contribution in [-0.4, -0.2) is 25.0 Å². The van der Waals surface area contributed by atoms with Gasteiger partial charge in [-0.25, -0.2) is 4.98 Å². The molecule has 2 aromatic rings. The Morgan fingerprint density at radius 3 is 2.52 bits per heavy atom. The average Bonchev–Trinajstić information content (AvgIpc) is 3.02. The summed E-state index contributed by atoms with van der Waals surface area (Å²) in [6.07, 6.45) is 4.79. The van der Waals surface area contributed by atoms with Crippen LogP contribution < -0.4 is 21.7 Å². The minimum Gasteiger partial charge on any atom is -0.496 e. The smallest absolute Gasteiger partial charge is 0.126 e. The number of nitrogens with one attached hydrogen (secondary N) is 2. The molecule has 0 radical (unpaired) electrons. The Bertz CT molecular complexity index is 667. The first kappa shape index (κ1) is 22.8. The van der Waals surface area contributed by atoms with Gasteiger partial charge in [-0.15, -0.1) is 11.3 Å². The van der Waals surface area contributed by atoms with Crippen molar-refractivity contribution in [1.82, 2.24) is 10.4 Å². The number of allylic oxidation sites excluding steroid dienone is 1. The number of rotatable bonds is 5. The molecule has 0 saturated carbocycles. The number of hydrogen-bond acceptors (Lipinski definition) is 6. The fourth-order valence-corrected chi connectivity index (χ4v) is 2.47. The van der Waals surface area contributed by atoms with Gasteiger partial charge < -0.3 is 10.5 Å². The molecule has 0 aliphatic heterocycles. The lowest BCUT2D eigenvalue weighted by atomic mass is 10.1. The van der Waals surface area contributed by atoms with Crippen LogP contribution >= 0.6 is 11.3 Å². The Balaban J connectivity index is 0.00000104. The fraction of sp³-hybridized carbons (Fsp3) is 0.333. The van der Waals surface area contributed by atoms with Gasteiger partial charge in [0.1, 0.15) is 11.6 Å². The van der Waals surface area contributed by atoms with Gasteiger partial charge in [-0.05, 0) is 32.2 Å². The molecule has 0 aliphatic carbocycles. The number of aromatic nitrogens is 1. The molecule has 0 bridgehead atoms. The van der Waals surface area contributed by atoms with Gasteiger partial charge in [0, 0.05) is 22.9 Å². The van der Waals surface area contributed by atoms with E-state index in [1.54, 1.807) is 31.6 Å². The SMILES string of the molecule is CC.CNN.COc1ccc(C(=N)N)cc1/C=C/Cc1csc(C)n1. The molecule has 1 aromatic carbocycles. The molecule has 1 aromatic heterocycles. The maximum atomic E-state index is 7.48. The van der Waals surface area contributed by atoms with Crippen molar-refractivity contribution in [3.8, 4) is 5.75 Å². The van der Waals surface area contributed by atoms with E-state index in [-0.39, 0.29) is 5.84 Å². The zero-order chi connectivity index (χ0) is 19.2. The molecule has 25 heavy (non-hydrogen) atoms. The zero-order valence-corrected chi connectivity index (χ0v) is 16.4. The summed E-state index contributed by atoms with van der Waals surface area (Å²) >= 11 is 1.65. The normalized spacial score (nSPS) is 9.68. The maximum Gasteiger partial charge on any atom is 0.126 e. The molecule has 1 heterocycles. The van der Waals surface area contributed by atoms with Crippen molar-refractivity contribution < 1.29 is 4.74 Å². The van der Waals surface area contributed by atoms with Crippen LogP contribution in [0.5, 0.6) is 5.75 Å². The van der Waals surface area contributed by atoms with Gasteiger partial charge in [-0.3, -0.25) is 16.7 Å². The van der Waals surface area contributed by atoms with Gasteiger partial charge in [0.25, 0.3) is 0 Å². The van der Waals surface area contributed by atoms with Crippen LogP contribution in [0.1, 0.15) is 35.7 Å². The van der Waals surface area contributed by atoms with Crippen molar-refractivity contribution in [3.05, 3.63) is 51.5 Å². The van der Waals surface area contributed by atoms with Gasteiger partial charge >= 0.3 is 0 Å². The summed E-state index contributed by atoms with van der Waals surface area (Å²) in [5.41, 5.74) is 10.4. The second kappa shape index (κ2) is 13.1. The number of nitrogen functional groups attached to an aromatic ring is 1. The van der Waals surface area contributed by atoms with E-state index in [2.05, 4.69) is 21.6 Å². The molecule has 6 N–H and O–H groups in total. The van der Waals surface area contributed by atoms with Gasteiger partial charge in [-0.1, -0.05) is 26.0 Å². The second-order valence-corrected chi connectivity index (χ2v) is 5.69. The van der Waals surface area contributed by atoms with Crippen molar-refractivity contribution in [2.75, 3.05) is 14.2 Å². The van der Waals surface area contributed by atoms with Crippen LogP contribution in [0.2, 0.25) is 0 Å². The van der Waals surface area contributed by atoms with Gasteiger partial charge in [0.15, 0.2) is 0 Å². The largest absolute Gasteiger partial charge is 0.496 e. The van der Waals surface area contributed by atoms with Gasteiger partial charge in [-0.2, -0.15) is 0 Å². The van der Waals surface area contributed by atoms with Crippen molar-refractivity contribution in [2.24, 2.45) is 11.6 Å². The lowest BCUT2D eigenvalue weighted by molar-refractivity contribution is 0.414. The van der Waals surface area contributed by atoms with E-state index in [9.17, 15) is 0 Å². The molecule has 0 unspecified atom stereocenters. The van der Waals surface area contributed by atoms with Crippen LogP contribution in [0.25, 0.3) is 6.08 Å². The fourth-order valence-electron chi connectivity index (χ4n) is 1.84. The number of aryl methyl sites for hydroxylation is 1. The Kier molecular flexibility index (Phi) is 11.9. The third-order valence-corrected chi connectivity index (χ3v) is 3.65. The predicted molar refractivity (Wildman–Crippen MR) is 108 cm³/mol. The van der Waals surface area contributed by atoms with Gasteiger partial charge in [0.05, 0.1) is 17.8 Å². The van der Waals surface area contributed by atoms with Crippen molar-refractivity contribution in [3.63, 3.8) is 0 Å². The molecule has 6 nitrogen and oxygen atoms in total. The summed E-state index contributed by atoms with van der Waals surface area (Å²) in [6, 6.07) is 5.45. The topological polar surface area (TPSA) is 110 Å². The number of thiazole rings is 1. The lowest BCUT2D eigenvalue weighted by Gasteiger charge is -2.07. The summed E-state index contributed by atoms with van der Waals surface area (Å²) in [7, 11) is 3.28. The zero-order valence-electron chi connectivity index (χ0n) is 15.6. The first-order chi connectivity index (χ1) is 12.0. The van der Waals surface area contributed by atoms with E-state index < -0.39 is 0 Å². The molecule has 7 heteroatoms. The Hall–Kier alpha value is -2.22. The number of nitrogens with two attached hydrogens (primary N) is 2. The summed E-state index contributed by atoms with van der Waals surface area (Å²) in [5, 5.41) is 10.6. The number of nitrogens with zero attached hydrogens (tertiary/aromatic N) is 1. The van der Waals surface area contributed by atoms with Crippen molar-refractivity contribution >= 4 is 23.2 Å². The summed E-state index contributed by atoms with van der Waals surface area (Å²) in [5.74, 6) is 5.41. The van der Waals surface area contributed by atoms with Crippen LogP contribution in [0.3, 0.4) is 0 Å². The monoisotopic (exact) mass is 363 g/mol. The molecule has 138 valence electrons. The summed E-state index contributed by atoms with van der Waals surface area (Å²) < 4.78 is 5.31. The molecular formula is C18H29N5OS. The average molecular weight is 364 g/mol. The van der Waals surface area contributed by atoms with E-state index in [0.717, 1.165) is 28.4 Å². The van der Waals surface area contributed by atoms with Crippen molar-refractivity contribution in [2.45, 2.75) is 27.2 Å². The number of amidine groups is 1. The highest BCUT2D eigenvalue weighted by atomic mass is 32.1. The molecule has 0 saturated heterocycles. The lowest BCUT2D eigenvalue weighted by Crippen LogP contribution is -2.13. The molecule has 0 spiro atoms. The molecule has 0 amide bonds. The summed E-state index contributed by atoms with van der Waals surface area (Å²) in [6.45, 7) is 6.00. The van der Waals surface area contributed by atoms with E-state index >= 15 is 0 Å². The molecule has 0 fully saturated rings. The quantitative estimate of drug-likeness (QED) is 0.282. The number of ether oxygens (including phenoxy) is 1. The molecule has 0 atom stereocenters. The highest BCUT2D eigenvalue weighted by molar-refractivity contribution is 7.09. The molecule has 0 aliphatic rings. The highest BCUT2D eigenvalue weighted by Crippen LogP contribution is 2.21. The van der Waals surface area contributed by atoms with Crippen molar-refractivity contribution in [1.29, 1.82) is 5.41 Å². The Morgan fingerprint density at radius 1 is 1.40 bits per heavy atom. The van der Waals surface area contributed by atoms with E-state index in [4.69, 9.17) is 15.9 Å². The standard InChI is InChI=1S/C15H17N3OS.C2H6.CH6N2/c1-10-18-13(9-20-10)5-3-4-11-8-12(15(16)17)6-7-14(11)19-2;1-2;1-3-2/h3-4,6-9H,5H2,1-2H3,(H3,16,17);1-2H3;3H,2H2,1H3/b4-3+;;. The van der Waals surface area contributed by atoms with E-state index in [1.165, 1.54) is 0 Å². The second-order valence-electron chi connectivity index (χ2n) is 4.62. The minimum atomic E-state index is 0.0532. The molecular weight excluding hydrogens is 334 g/mol. The van der Waals surface area contributed by atoms with Crippen LogP contribution in [0.15, 0.2) is 29.7 Å². The first-order valence-corrected chi connectivity index (χ1v) is 8.87. The number of hydrogen-bond donors (Lipinski definition) is 4. The number of benzene rings is 1. The van der Waals surface area contributed by atoms with Crippen LogP contribution in [-0.2, 0) is 6.42 Å². The third-order valence-electron chi connectivity index (χ3n) is 2.83. The van der Waals surface area contributed by atoms with Crippen LogP contribution in [0, 0.1) is 12.3 Å². The van der Waals surface area contributed by atoms with Crippen LogP contribution in [0.4, 0.5) is 0 Å². The minimum absolute atomic E-state index is 0.0532. The Morgan fingerprint density at radius 2 is 2.04 bits per heavy atom. The Labute approximate surface area is 154 Å². The number of hydrazine groups is 1. The summed E-state index contributed by atoms with van der Waals surface area (Å²) in [4.78, 5) is 4.41. The first-order valence-electron chi connectivity index (χ1n) is 7.99. The predicted octanol–water partition coefficient (Wildman–Crippen LogP) is 3.11. The highest BCUT2D eigenvalue weighted by Gasteiger charge is 2.03. The van der Waals surface area contributed by atoms with E-state index in [0.29, 0.717) is 5.56 Å². The molecule has 2 rings (SSSR count). The third kappa shape index (κ3) is 8.44.